The maximum Gasteiger partial charge on any atom is 0.338 e. The fraction of sp³-hybridized carbons (Fsp3) is 0.474. The van der Waals surface area contributed by atoms with Crippen LogP contribution in [0.15, 0.2) is 35.2 Å². The van der Waals surface area contributed by atoms with E-state index in [0.717, 1.165) is 5.57 Å². The van der Waals surface area contributed by atoms with Gasteiger partial charge in [-0.1, -0.05) is 37.6 Å². The Labute approximate surface area is 172 Å². The summed E-state index contributed by atoms with van der Waals surface area (Å²) in [4.78, 5) is 25.8. The third-order valence-electron chi connectivity index (χ3n) is 4.01. The summed E-state index contributed by atoms with van der Waals surface area (Å²) in [5.41, 5.74) is 0.816. The molecule has 0 saturated carbocycles. The second-order valence-corrected chi connectivity index (χ2v) is 8.49. The Kier molecular flexibility index (Phi) is 9.13. The van der Waals surface area contributed by atoms with E-state index in [1.807, 2.05) is 6.92 Å². The Bertz CT molecular complexity index is 835. The molecule has 0 N–H and O–H groups in total. The molecule has 0 aliphatic heterocycles. The molecule has 1 amide bonds. The SMILES string of the molecule is C=C(C)CN(CC)C(=O)COC(=O)c1ccc(Cl)c(S(=O)(=O)N(CC)CC)c1. The number of amides is 1. The molecule has 0 aromatic heterocycles. The first-order chi connectivity index (χ1) is 13.1. The highest BCUT2D eigenvalue weighted by Gasteiger charge is 2.26. The highest BCUT2D eigenvalue weighted by molar-refractivity contribution is 7.89. The van der Waals surface area contributed by atoms with Gasteiger partial charge in [0.2, 0.25) is 10.0 Å². The molecule has 0 heterocycles. The quantitative estimate of drug-likeness (QED) is 0.421. The van der Waals surface area contributed by atoms with Crippen LogP contribution in [0, 0.1) is 0 Å². The van der Waals surface area contributed by atoms with Crippen LogP contribution in [0.2, 0.25) is 5.02 Å². The van der Waals surface area contributed by atoms with Crippen molar-refractivity contribution in [3.63, 3.8) is 0 Å². The van der Waals surface area contributed by atoms with Gasteiger partial charge in [0.25, 0.3) is 5.91 Å². The molecule has 0 atom stereocenters. The van der Waals surface area contributed by atoms with Crippen molar-refractivity contribution in [3.05, 3.63) is 40.9 Å². The average molecular weight is 431 g/mol. The van der Waals surface area contributed by atoms with Crippen molar-refractivity contribution < 1.29 is 22.7 Å². The maximum absolute atomic E-state index is 12.7. The molecular formula is C19H27ClN2O5S. The van der Waals surface area contributed by atoms with E-state index in [0.29, 0.717) is 13.1 Å². The van der Waals surface area contributed by atoms with E-state index in [1.165, 1.54) is 27.4 Å². The minimum absolute atomic E-state index is 0.00545. The van der Waals surface area contributed by atoms with Gasteiger partial charge < -0.3 is 9.64 Å². The number of benzene rings is 1. The summed E-state index contributed by atoms with van der Waals surface area (Å²) in [6.07, 6.45) is 0. The van der Waals surface area contributed by atoms with E-state index in [2.05, 4.69) is 6.58 Å². The second-order valence-electron chi connectivity index (χ2n) is 6.18. The predicted molar refractivity (Wildman–Crippen MR) is 109 cm³/mol. The fourth-order valence-corrected chi connectivity index (χ4v) is 4.49. The lowest BCUT2D eigenvalue weighted by Crippen LogP contribution is -2.35. The number of carbonyl (C=O) groups is 2. The summed E-state index contributed by atoms with van der Waals surface area (Å²) in [5, 5.41) is 0.0122. The van der Waals surface area contributed by atoms with Gasteiger partial charge in [0.1, 0.15) is 4.90 Å². The van der Waals surface area contributed by atoms with Crippen molar-refractivity contribution in [3.8, 4) is 0 Å². The van der Waals surface area contributed by atoms with E-state index < -0.39 is 22.6 Å². The number of halogens is 1. The zero-order chi connectivity index (χ0) is 21.5. The Hall–Kier alpha value is -1.90. The normalized spacial score (nSPS) is 11.4. The van der Waals surface area contributed by atoms with Crippen LogP contribution in [-0.4, -0.2) is 62.3 Å². The standard InChI is InChI=1S/C19H27ClN2O5S/c1-6-21(12-14(4)5)18(23)13-27-19(24)15-9-10-16(20)17(11-15)28(25,26)22(7-2)8-3/h9-11H,4,6-8,12-13H2,1-3,5H3. The number of carbonyl (C=O) groups excluding carboxylic acids is 2. The van der Waals surface area contributed by atoms with E-state index in [1.54, 1.807) is 20.8 Å². The van der Waals surface area contributed by atoms with Crippen LogP contribution >= 0.6 is 11.6 Å². The predicted octanol–water partition coefficient (Wildman–Crippen LogP) is 2.95. The molecule has 1 aromatic carbocycles. The van der Waals surface area contributed by atoms with E-state index in [9.17, 15) is 18.0 Å². The van der Waals surface area contributed by atoms with Gasteiger partial charge in [-0.05, 0) is 32.0 Å². The number of esters is 1. The molecule has 1 rings (SSSR count). The van der Waals surface area contributed by atoms with Gasteiger partial charge in [-0.25, -0.2) is 13.2 Å². The molecular weight excluding hydrogens is 404 g/mol. The molecule has 0 unspecified atom stereocenters. The van der Waals surface area contributed by atoms with Crippen molar-refractivity contribution in [1.29, 1.82) is 0 Å². The summed E-state index contributed by atoms with van der Waals surface area (Å²) in [7, 11) is -3.84. The molecule has 9 heteroatoms. The van der Waals surface area contributed by atoms with Crippen LogP contribution in [0.5, 0.6) is 0 Å². The van der Waals surface area contributed by atoms with Crippen LogP contribution in [0.4, 0.5) is 0 Å². The second kappa shape index (κ2) is 10.6. The maximum atomic E-state index is 12.7. The monoisotopic (exact) mass is 430 g/mol. The molecule has 7 nitrogen and oxygen atoms in total. The van der Waals surface area contributed by atoms with Crippen LogP contribution in [0.1, 0.15) is 38.1 Å². The molecule has 0 bridgehead atoms. The van der Waals surface area contributed by atoms with Crippen LogP contribution in [0.25, 0.3) is 0 Å². The highest BCUT2D eigenvalue weighted by Crippen LogP contribution is 2.26. The Morgan fingerprint density at radius 1 is 1.14 bits per heavy atom. The van der Waals surface area contributed by atoms with Crippen molar-refractivity contribution in [1.82, 2.24) is 9.21 Å². The van der Waals surface area contributed by atoms with Crippen LogP contribution in [-0.2, 0) is 19.6 Å². The summed E-state index contributed by atoms with van der Waals surface area (Å²) in [6.45, 7) is 11.7. The lowest BCUT2D eigenvalue weighted by Gasteiger charge is -2.21. The largest absolute Gasteiger partial charge is 0.452 e. The number of hydrogen-bond acceptors (Lipinski definition) is 5. The van der Waals surface area contributed by atoms with E-state index in [-0.39, 0.29) is 34.5 Å². The van der Waals surface area contributed by atoms with Crippen LogP contribution in [0.3, 0.4) is 0 Å². The molecule has 156 valence electrons. The molecule has 0 spiro atoms. The Balaban J connectivity index is 2.99. The zero-order valence-electron chi connectivity index (χ0n) is 16.7. The lowest BCUT2D eigenvalue weighted by molar-refractivity contribution is -0.133. The third kappa shape index (κ3) is 6.05. The molecule has 0 saturated heterocycles. The van der Waals surface area contributed by atoms with Crippen LogP contribution < -0.4 is 0 Å². The topological polar surface area (TPSA) is 84.0 Å². The number of rotatable bonds is 10. The van der Waals surface area contributed by atoms with Gasteiger partial charge in [-0.2, -0.15) is 4.31 Å². The van der Waals surface area contributed by atoms with Crippen molar-refractivity contribution in [2.24, 2.45) is 0 Å². The Morgan fingerprint density at radius 3 is 2.25 bits per heavy atom. The highest BCUT2D eigenvalue weighted by atomic mass is 35.5. The summed E-state index contributed by atoms with van der Waals surface area (Å²) < 4.78 is 31.7. The fourth-order valence-electron chi connectivity index (χ4n) is 2.53. The number of hydrogen-bond donors (Lipinski definition) is 0. The number of likely N-dealkylation sites (N-methyl/N-ethyl adjacent to an activating group) is 1. The lowest BCUT2D eigenvalue weighted by atomic mass is 10.2. The molecule has 1 aromatic rings. The average Bonchev–Trinajstić information content (AvgIpc) is 2.64. The molecule has 0 aliphatic rings. The zero-order valence-corrected chi connectivity index (χ0v) is 18.3. The first-order valence-electron chi connectivity index (χ1n) is 8.97. The molecule has 0 fully saturated rings. The molecule has 28 heavy (non-hydrogen) atoms. The van der Waals surface area contributed by atoms with Gasteiger partial charge in [0, 0.05) is 26.2 Å². The first kappa shape index (κ1) is 24.1. The minimum atomic E-state index is -3.84. The van der Waals surface area contributed by atoms with Gasteiger partial charge >= 0.3 is 5.97 Å². The van der Waals surface area contributed by atoms with E-state index >= 15 is 0 Å². The number of sulfonamides is 1. The smallest absolute Gasteiger partial charge is 0.338 e. The third-order valence-corrected chi connectivity index (χ3v) is 6.54. The van der Waals surface area contributed by atoms with Crippen molar-refractivity contribution in [2.45, 2.75) is 32.6 Å². The number of ether oxygens (including phenoxy) is 1. The molecule has 0 radical (unpaired) electrons. The number of nitrogens with zero attached hydrogens (tertiary/aromatic N) is 2. The minimum Gasteiger partial charge on any atom is -0.452 e. The van der Waals surface area contributed by atoms with Gasteiger partial charge in [0.15, 0.2) is 6.61 Å². The summed E-state index contributed by atoms with van der Waals surface area (Å²) in [5.74, 6) is -1.16. The Morgan fingerprint density at radius 2 is 1.75 bits per heavy atom. The first-order valence-corrected chi connectivity index (χ1v) is 10.8. The van der Waals surface area contributed by atoms with E-state index in [4.69, 9.17) is 16.3 Å². The summed E-state index contributed by atoms with van der Waals surface area (Å²) >= 11 is 6.05. The van der Waals surface area contributed by atoms with Crippen molar-refractivity contribution in [2.75, 3.05) is 32.8 Å². The van der Waals surface area contributed by atoms with Gasteiger partial charge in [0.05, 0.1) is 10.6 Å². The van der Waals surface area contributed by atoms with Gasteiger partial charge in [-0.3, -0.25) is 4.79 Å². The summed E-state index contributed by atoms with van der Waals surface area (Å²) in [6, 6.07) is 3.87. The van der Waals surface area contributed by atoms with Gasteiger partial charge in [-0.15, -0.1) is 0 Å². The molecule has 0 aliphatic carbocycles. The van der Waals surface area contributed by atoms with Crippen molar-refractivity contribution >= 4 is 33.5 Å².